The molecule has 5 aliphatic rings. The van der Waals surface area contributed by atoms with E-state index in [0.717, 1.165) is 63.9 Å². The molecule has 37 heavy (non-hydrogen) atoms. The van der Waals surface area contributed by atoms with Crippen molar-refractivity contribution < 1.29 is 23.8 Å². The average molecular weight is 516 g/mol. The van der Waals surface area contributed by atoms with Gasteiger partial charge in [-0.3, -0.25) is 4.79 Å². The maximum Gasteiger partial charge on any atom is 0.226 e. The molecular formula is C31H43F2NO3. The fourth-order valence-electron chi connectivity index (χ4n) is 10.1. The number of nitrogens with zero attached hydrogens (tertiary/aromatic N) is 1. The molecule has 6 heteroatoms. The number of amides is 1. The number of halogens is 2. The normalized spacial score (nSPS) is 42.6. The summed E-state index contributed by atoms with van der Waals surface area (Å²) < 4.78 is 27.9. The summed E-state index contributed by atoms with van der Waals surface area (Å²) in [6, 6.07) is 2.19. The molecule has 0 radical (unpaired) electrons. The minimum atomic E-state index is -0.633. The van der Waals surface area contributed by atoms with Crippen LogP contribution in [0.4, 0.5) is 14.5 Å². The topological polar surface area (TPSA) is 60.8 Å². The second-order valence-corrected chi connectivity index (χ2v) is 13.6. The molecule has 2 N–H and O–H groups in total. The van der Waals surface area contributed by atoms with E-state index >= 15 is 0 Å². The van der Waals surface area contributed by atoms with Crippen molar-refractivity contribution in [1.29, 1.82) is 0 Å². The van der Waals surface area contributed by atoms with Gasteiger partial charge in [-0.25, -0.2) is 8.78 Å². The first-order chi connectivity index (χ1) is 17.6. The number of carbonyl (C=O) groups is 1. The molecule has 4 saturated carbocycles. The monoisotopic (exact) mass is 515 g/mol. The number of benzene rings is 1. The first-order valence-corrected chi connectivity index (χ1v) is 14.8. The third kappa shape index (κ3) is 4.07. The molecule has 0 spiro atoms. The van der Waals surface area contributed by atoms with Gasteiger partial charge in [0, 0.05) is 24.6 Å². The highest BCUT2D eigenvalue weighted by atomic mass is 19.1. The molecule has 1 amide bonds. The number of anilines is 1. The first kappa shape index (κ1) is 25.7. The number of aliphatic hydroxyl groups is 2. The van der Waals surface area contributed by atoms with Gasteiger partial charge in [-0.2, -0.15) is 0 Å². The summed E-state index contributed by atoms with van der Waals surface area (Å²) in [5, 5.41) is 21.7. The predicted octanol–water partition coefficient (Wildman–Crippen LogP) is 6.01. The van der Waals surface area contributed by atoms with E-state index in [4.69, 9.17) is 0 Å². The van der Waals surface area contributed by atoms with Gasteiger partial charge in [0.05, 0.1) is 17.9 Å². The first-order valence-electron chi connectivity index (χ1n) is 14.8. The van der Waals surface area contributed by atoms with Crippen molar-refractivity contribution in [2.24, 2.45) is 40.4 Å². The van der Waals surface area contributed by atoms with Crippen LogP contribution in [-0.4, -0.2) is 34.9 Å². The van der Waals surface area contributed by atoms with Crippen LogP contribution < -0.4 is 4.90 Å². The molecule has 8 unspecified atom stereocenters. The standard InChI is InChI=1S/C31H43F2NO3/c1-30-12-9-24-29(27(36)15-19-14-21(35)8-11-31(19,24)2)23(30)7-6-18(30)4-3-5-28(37)34-13-10-22-25(33)16-20(32)17-26(22)34/h16-19,21,23-24,27,29,35-36H,3-15H2,1-2H3/t18?,19?,21-,23?,24?,27?,29?,30?,31?/m1/s1. The molecule has 6 rings (SSSR count). The maximum atomic E-state index is 14.1. The van der Waals surface area contributed by atoms with Crippen LogP contribution in [-0.2, 0) is 11.2 Å². The van der Waals surface area contributed by atoms with E-state index in [1.165, 1.54) is 12.5 Å². The van der Waals surface area contributed by atoms with E-state index in [1.807, 2.05) is 0 Å². The van der Waals surface area contributed by atoms with Crippen LogP contribution in [0.25, 0.3) is 0 Å². The second kappa shape index (κ2) is 9.29. The molecule has 0 saturated heterocycles. The Balaban J connectivity index is 1.10. The number of carbonyl (C=O) groups excluding carboxylic acids is 1. The minimum absolute atomic E-state index is 0.0340. The van der Waals surface area contributed by atoms with Gasteiger partial charge in [0.1, 0.15) is 11.6 Å². The summed E-state index contributed by atoms with van der Waals surface area (Å²) in [6.07, 6.45) is 10.5. The van der Waals surface area contributed by atoms with Gasteiger partial charge in [-0.15, -0.1) is 0 Å². The summed E-state index contributed by atoms with van der Waals surface area (Å²) in [5.74, 6) is 1.19. The fraction of sp³-hybridized carbons (Fsp3) is 0.774. The zero-order valence-electron chi connectivity index (χ0n) is 22.4. The van der Waals surface area contributed by atoms with Crippen molar-refractivity contribution in [2.45, 2.75) is 103 Å². The number of aliphatic hydroxyl groups excluding tert-OH is 2. The van der Waals surface area contributed by atoms with E-state index in [-0.39, 0.29) is 28.9 Å². The molecule has 0 bridgehead atoms. The van der Waals surface area contributed by atoms with Crippen LogP contribution in [0.15, 0.2) is 12.1 Å². The number of rotatable bonds is 4. The molecule has 1 aliphatic heterocycles. The van der Waals surface area contributed by atoms with E-state index in [2.05, 4.69) is 13.8 Å². The lowest BCUT2D eigenvalue weighted by molar-refractivity contribution is -0.172. The largest absolute Gasteiger partial charge is 0.393 e. The lowest BCUT2D eigenvalue weighted by Gasteiger charge is -2.62. The zero-order chi connectivity index (χ0) is 26.1. The highest BCUT2D eigenvalue weighted by Crippen LogP contribution is 2.67. The summed E-state index contributed by atoms with van der Waals surface area (Å²) in [7, 11) is 0. The number of hydrogen-bond acceptors (Lipinski definition) is 3. The van der Waals surface area contributed by atoms with Crippen LogP contribution in [0, 0.1) is 52.1 Å². The third-order valence-corrected chi connectivity index (χ3v) is 12.1. The van der Waals surface area contributed by atoms with E-state index < -0.39 is 11.6 Å². The fourth-order valence-corrected chi connectivity index (χ4v) is 10.1. The van der Waals surface area contributed by atoms with Gasteiger partial charge in [0.25, 0.3) is 0 Å². The molecule has 4 aliphatic carbocycles. The summed E-state index contributed by atoms with van der Waals surface area (Å²) >= 11 is 0. The van der Waals surface area contributed by atoms with E-state index in [1.54, 1.807) is 4.90 Å². The van der Waals surface area contributed by atoms with Crippen molar-refractivity contribution in [3.8, 4) is 0 Å². The van der Waals surface area contributed by atoms with Crippen molar-refractivity contribution in [2.75, 3.05) is 11.4 Å². The van der Waals surface area contributed by atoms with Gasteiger partial charge in [-0.05, 0) is 117 Å². The van der Waals surface area contributed by atoms with Gasteiger partial charge < -0.3 is 15.1 Å². The molecule has 1 heterocycles. The van der Waals surface area contributed by atoms with Crippen molar-refractivity contribution >= 4 is 11.6 Å². The van der Waals surface area contributed by atoms with Crippen molar-refractivity contribution in [1.82, 2.24) is 0 Å². The average Bonchev–Trinajstić information content (AvgIpc) is 3.41. The summed E-state index contributed by atoms with van der Waals surface area (Å²) in [4.78, 5) is 14.6. The highest BCUT2D eigenvalue weighted by Gasteiger charge is 2.62. The van der Waals surface area contributed by atoms with Crippen molar-refractivity contribution in [3.63, 3.8) is 0 Å². The Labute approximate surface area is 219 Å². The Morgan fingerprint density at radius 1 is 1.03 bits per heavy atom. The van der Waals surface area contributed by atoms with Crippen LogP contribution in [0.2, 0.25) is 0 Å². The van der Waals surface area contributed by atoms with E-state index in [9.17, 15) is 23.8 Å². The molecule has 0 aromatic heterocycles. The van der Waals surface area contributed by atoms with Crippen LogP contribution >= 0.6 is 0 Å². The SMILES string of the molecule is CC12CCC3C(C(O)CC4C[C@H](O)CCC43C)C1CCC2CCCC(=O)N1CCc2c(F)cc(F)cc21. The molecule has 1 aromatic carbocycles. The minimum Gasteiger partial charge on any atom is -0.393 e. The number of fused-ring (bicyclic) bond motifs is 6. The van der Waals surface area contributed by atoms with Gasteiger partial charge in [0.15, 0.2) is 0 Å². The lowest BCUT2D eigenvalue weighted by atomic mass is 9.44. The van der Waals surface area contributed by atoms with Crippen molar-refractivity contribution in [3.05, 3.63) is 29.3 Å². The van der Waals surface area contributed by atoms with Gasteiger partial charge >= 0.3 is 0 Å². The molecule has 1 aromatic rings. The van der Waals surface area contributed by atoms with Gasteiger partial charge in [0.2, 0.25) is 5.91 Å². The molecule has 4 fully saturated rings. The highest BCUT2D eigenvalue weighted by molar-refractivity contribution is 5.95. The Hall–Kier alpha value is -1.53. The van der Waals surface area contributed by atoms with Gasteiger partial charge in [-0.1, -0.05) is 13.8 Å². The molecule has 204 valence electrons. The maximum absolute atomic E-state index is 14.1. The molecule has 4 nitrogen and oxygen atoms in total. The molecular weight excluding hydrogens is 472 g/mol. The van der Waals surface area contributed by atoms with Crippen LogP contribution in [0.3, 0.4) is 0 Å². The zero-order valence-corrected chi connectivity index (χ0v) is 22.4. The Bertz CT molecular complexity index is 1060. The van der Waals surface area contributed by atoms with E-state index in [0.29, 0.717) is 60.2 Å². The second-order valence-electron chi connectivity index (χ2n) is 13.6. The Morgan fingerprint density at radius 3 is 2.59 bits per heavy atom. The smallest absolute Gasteiger partial charge is 0.226 e. The molecule has 9 atom stereocenters. The number of hydrogen-bond donors (Lipinski definition) is 2. The van der Waals surface area contributed by atoms with Crippen LogP contribution in [0.5, 0.6) is 0 Å². The summed E-state index contributed by atoms with van der Waals surface area (Å²) in [6.45, 7) is 5.32. The third-order valence-electron chi connectivity index (χ3n) is 12.1. The predicted molar refractivity (Wildman–Crippen MR) is 139 cm³/mol. The lowest BCUT2D eigenvalue weighted by Crippen LogP contribution is -2.58. The Morgan fingerprint density at radius 2 is 1.78 bits per heavy atom. The Kier molecular flexibility index (Phi) is 6.46. The quantitative estimate of drug-likeness (QED) is 0.516. The van der Waals surface area contributed by atoms with Crippen LogP contribution in [0.1, 0.15) is 90.0 Å². The summed E-state index contributed by atoms with van der Waals surface area (Å²) in [5.41, 5.74) is 1.30.